The molecule has 1 aromatic heterocycles. The largest absolute Gasteiger partial charge is 0.449 e. The molecule has 0 aliphatic carbocycles. The van der Waals surface area contributed by atoms with E-state index in [0.29, 0.717) is 17.6 Å². The number of fused-ring (bicyclic) bond motifs is 1. The van der Waals surface area contributed by atoms with Crippen LogP contribution in [-0.4, -0.2) is 35.1 Å². The van der Waals surface area contributed by atoms with E-state index in [1.807, 2.05) is 6.08 Å². The van der Waals surface area contributed by atoms with Gasteiger partial charge in [0.1, 0.15) is 0 Å². The van der Waals surface area contributed by atoms with Gasteiger partial charge in [-0.05, 0) is 45.0 Å². The maximum absolute atomic E-state index is 13.3. The van der Waals surface area contributed by atoms with Crippen LogP contribution in [-0.2, 0) is 6.18 Å². The van der Waals surface area contributed by atoms with Gasteiger partial charge in [-0.25, -0.2) is 4.98 Å². The van der Waals surface area contributed by atoms with E-state index in [1.165, 1.54) is 18.2 Å². The minimum absolute atomic E-state index is 0. The Morgan fingerprint density at radius 2 is 2.04 bits per heavy atom. The van der Waals surface area contributed by atoms with Crippen molar-refractivity contribution in [2.24, 2.45) is 0 Å². The highest BCUT2D eigenvalue weighted by Gasteiger charge is 2.38. The summed E-state index contributed by atoms with van der Waals surface area (Å²) in [4.78, 5) is 16.1. The lowest BCUT2D eigenvalue weighted by molar-refractivity contribution is -0.147. The van der Waals surface area contributed by atoms with Crippen LogP contribution < -0.4 is 10.6 Å². The summed E-state index contributed by atoms with van der Waals surface area (Å²) in [6.45, 7) is 5.44. The third kappa shape index (κ3) is 5.18. The molecular weight excluding hydrogens is 416 g/mol. The number of imidazole rings is 1. The van der Waals surface area contributed by atoms with E-state index in [2.05, 4.69) is 15.6 Å². The first-order valence-electron chi connectivity index (χ1n) is 8.53. The van der Waals surface area contributed by atoms with E-state index in [0.717, 1.165) is 29.7 Å². The molecule has 2 N–H and O–H groups in total. The minimum atomic E-state index is -4.55. The number of nitrogens with one attached hydrogen (secondary N) is 2. The Bertz CT molecular complexity index is 862. The molecule has 0 spiro atoms. The normalized spacial score (nSPS) is 14.3. The standard InChI is InChI=1S/C18H21F3N4O.2ClH/c1-11(2)25-15-4-3-13(9-14(15)24-17(25)18(19,20)21)16(26)23-10-12-5-7-22-8-6-12;;/h3-5,9,11,22H,6-8,10H2,1-2H3,(H,23,26);2*1H. The Balaban J connectivity index is 0.00000196. The molecule has 2 heterocycles. The van der Waals surface area contributed by atoms with Gasteiger partial charge in [0.2, 0.25) is 5.82 Å². The molecule has 5 nitrogen and oxygen atoms in total. The predicted octanol–water partition coefficient (Wildman–Crippen LogP) is 4.13. The highest BCUT2D eigenvalue weighted by molar-refractivity contribution is 5.97. The summed E-state index contributed by atoms with van der Waals surface area (Å²) in [5.41, 5.74) is 1.97. The van der Waals surface area contributed by atoms with Crippen LogP contribution in [0, 0.1) is 0 Å². The number of rotatable bonds is 4. The van der Waals surface area contributed by atoms with Crippen LogP contribution in [0.2, 0.25) is 0 Å². The van der Waals surface area contributed by atoms with Crippen molar-refractivity contribution >= 4 is 41.8 Å². The smallest absolute Gasteiger partial charge is 0.348 e. The van der Waals surface area contributed by atoms with E-state index < -0.39 is 18.0 Å². The van der Waals surface area contributed by atoms with E-state index in [1.54, 1.807) is 13.8 Å². The van der Waals surface area contributed by atoms with Gasteiger partial charge in [0.15, 0.2) is 0 Å². The van der Waals surface area contributed by atoms with Gasteiger partial charge in [-0.2, -0.15) is 13.2 Å². The van der Waals surface area contributed by atoms with Crippen molar-refractivity contribution in [1.29, 1.82) is 0 Å². The van der Waals surface area contributed by atoms with Crippen LogP contribution in [0.15, 0.2) is 29.8 Å². The Morgan fingerprint density at radius 3 is 2.61 bits per heavy atom. The molecule has 1 aliphatic heterocycles. The second kappa shape index (κ2) is 9.62. The average Bonchev–Trinajstić information content (AvgIpc) is 3.00. The third-order valence-electron chi connectivity index (χ3n) is 4.36. The zero-order valence-electron chi connectivity index (χ0n) is 15.5. The number of nitrogens with zero attached hydrogens (tertiary/aromatic N) is 2. The zero-order chi connectivity index (χ0) is 18.9. The predicted molar refractivity (Wildman–Crippen MR) is 108 cm³/mol. The molecule has 2 aromatic rings. The first-order chi connectivity index (χ1) is 12.3. The van der Waals surface area contributed by atoms with Crippen molar-refractivity contribution in [1.82, 2.24) is 20.2 Å². The Hall–Kier alpha value is -1.77. The maximum Gasteiger partial charge on any atom is 0.449 e. The fourth-order valence-electron chi connectivity index (χ4n) is 3.09. The lowest BCUT2D eigenvalue weighted by Crippen LogP contribution is -2.29. The quantitative estimate of drug-likeness (QED) is 0.705. The number of benzene rings is 1. The molecule has 156 valence electrons. The third-order valence-corrected chi connectivity index (χ3v) is 4.36. The summed E-state index contributed by atoms with van der Waals surface area (Å²) in [6.07, 6.45) is -1.65. The highest BCUT2D eigenvalue weighted by atomic mass is 35.5. The van der Waals surface area contributed by atoms with Gasteiger partial charge >= 0.3 is 6.18 Å². The van der Waals surface area contributed by atoms with Gasteiger partial charge in [-0.1, -0.05) is 11.6 Å². The number of halogens is 5. The lowest BCUT2D eigenvalue weighted by Gasteiger charge is -2.15. The average molecular weight is 439 g/mol. The Morgan fingerprint density at radius 1 is 1.32 bits per heavy atom. The monoisotopic (exact) mass is 438 g/mol. The van der Waals surface area contributed by atoms with Gasteiger partial charge in [0.25, 0.3) is 5.91 Å². The van der Waals surface area contributed by atoms with Crippen LogP contribution in [0.25, 0.3) is 11.0 Å². The second-order valence-electron chi connectivity index (χ2n) is 6.60. The molecule has 0 radical (unpaired) electrons. The molecule has 0 saturated heterocycles. The zero-order valence-corrected chi connectivity index (χ0v) is 17.1. The number of amides is 1. The molecule has 0 saturated carbocycles. The number of carbonyl (C=O) groups is 1. The summed E-state index contributed by atoms with van der Waals surface area (Å²) in [5, 5.41) is 6.01. The number of alkyl halides is 3. The van der Waals surface area contributed by atoms with Gasteiger partial charge in [-0.3, -0.25) is 4.79 Å². The van der Waals surface area contributed by atoms with Crippen LogP contribution in [0.1, 0.15) is 42.5 Å². The minimum Gasteiger partial charge on any atom is -0.348 e. The molecule has 28 heavy (non-hydrogen) atoms. The molecule has 3 rings (SSSR count). The maximum atomic E-state index is 13.3. The molecule has 0 atom stereocenters. The SMILES string of the molecule is CC(C)n1c(C(F)(F)F)nc2cc(C(=O)NCC3=CCNCC3)ccc21.Cl.Cl. The molecule has 1 aromatic carbocycles. The molecule has 10 heteroatoms. The van der Waals surface area contributed by atoms with Crippen molar-refractivity contribution in [3.8, 4) is 0 Å². The van der Waals surface area contributed by atoms with E-state index in [-0.39, 0.29) is 36.2 Å². The number of hydrogen-bond donors (Lipinski definition) is 2. The van der Waals surface area contributed by atoms with Crippen LogP contribution >= 0.6 is 24.8 Å². The first kappa shape index (κ1) is 24.3. The topological polar surface area (TPSA) is 59.0 Å². The summed E-state index contributed by atoms with van der Waals surface area (Å²) in [7, 11) is 0. The Kier molecular flexibility index (Phi) is 8.34. The molecular formula is C18H23Cl2F3N4O. The Labute approximate surface area is 173 Å². The van der Waals surface area contributed by atoms with Gasteiger partial charge in [0.05, 0.1) is 11.0 Å². The van der Waals surface area contributed by atoms with Crippen LogP contribution in [0.5, 0.6) is 0 Å². The lowest BCUT2D eigenvalue weighted by atomic mass is 10.1. The molecule has 0 fully saturated rings. The molecule has 1 aliphatic rings. The fourth-order valence-corrected chi connectivity index (χ4v) is 3.09. The molecule has 0 unspecified atom stereocenters. The van der Waals surface area contributed by atoms with Crippen LogP contribution in [0.4, 0.5) is 13.2 Å². The molecule has 0 bridgehead atoms. The van der Waals surface area contributed by atoms with Gasteiger partial charge in [0, 0.05) is 24.7 Å². The van der Waals surface area contributed by atoms with Crippen molar-refractivity contribution in [2.45, 2.75) is 32.5 Å². The van der Waals surface area contributed by atoms with Crippen LogP contribution in [0.3, 0.4) is 0 Å². The van der Waals surface area contributed by atoms with Gasteiger partial charge in [-0.15, -0.1) is 24.8 Å². The van der Waals surface area contributed by atoms with E-state index >= 15 is 0 Å². The van der Waals surface area contributed by atoms with Crippen molar-refractivity contribution in [3.05, 3.63) is 41.2 Å². The summed E-state index contributed by atoms with van der Waals surface area (Å²) < 4.78 is 40.9. The number of carbonyl (C=O) groups excluding carboxylic acids is 1. The summed E-state index contributed by atoms with van der Waals surface area (Å²) in [6, 6.07) is 4.07. The van der Waals surface area contributed by atoms with Gasteiger partial charge < -0.3 is 15.2 Å². The summed E-state index contributed by atoms with van der Waals surface area (Å²) in [5.74, 6) is -1.26. The number of aromatic nitrogens is 2. The van der Waals surface area contributed by atoms with Crippen molar-refractivity contribution in [2.75, 3.05) is 19.6 Å². The second-order valence-corrected chi connectivity index (χ2v) is 6.60. The summed E-state index contributed by atoms with van der Waals surface area (Å²) >= 11 is 0. The number of hydrogen-bond acceptors (Lipinski definition) is 3. The molecule has 1 amide bonds. The first-order valence-corrected chi connectivity index (χ1v) is 8.53. The van der Waals surface area contributed by atoms with Crippen molar-refractivity contribution in [3.63, 3.8) is 0 Å². The van der Waals surface area contributed by atoms with E-state index in [9.17, 15) is 18.0 Å². The van der Waals surface area contributed by atoms with Crippen molar-refractivity contribution < 1.29 is 18.0 Å². The highest BCUT2D eigenvalue weighted by Crippen LogP contribution is 2.33. The van der Waals surface area contributed by atoms with E-state index in [4.69, 9.17) is 0 Å². The fraction of sp³-hybridized carbons (Fsp3) is 0.444.